The highest BCUT2D eigenvalue weighted by Crippen LogP contribution is 2.07. The highest BCUT2D eigenvalue weighted by atomic mass is 32.2. The molecule has 0 bridgehead atoms. The third kappa shape index (κ3) is 14.0. The van der Waals surface area contributed by atoms with E-state index in [1.54, 1.807) is 0 Å². The second-order valence-electron chi connectivity index (χ2n) is 7.81. The number of carboxylic acids is 1. The number of nitrogens with one attached hydrogen (secondary N) is 3. The topological polar surface area (TPSA) is 235 Å². The van der Waals surface area contributed by atoms with Gasteiger partial charge < -0.3 is 43.4 Å². The predicted octanol–water partition coefficient (Wildman–Crippen LogP) is -2.21. The lowest BCUT2D eigenvalue weighted by Gasteiger charge is -2.25. The molecule has 0 saturated heterocycles. The Morgan fingerprint density at radius 2 is 1.40 bits per heavy atom. The number of aliphatic hydroxyl groups excluding tert-OH is 1. The smallest absolute Gasteiger partial charge is 0.328 e. The molecule has 0 aliphatic rings. The van der Waals surface area contributed by atoms with Crippen LogP contribution in [0.2, 0.25) is 0 Å². The van der Waals surface area contributed by atoms with E-state index in [2.05, 4.69) is 20.9 Å². The van der Waals surface area contributed by atoms with Crippen molar-refractivity contribution < 1.29 is 29.4 Å². The molecule has 202 valence electrons. The molecule has 0 fully saturated rings. The minimum absolute atomic E-state index is 0.103. The fourth-order valence-electron chi connectivity index (χ4n) is 2.85. The Balaban J connectivity index is 5.52. The maximum Gasteiger partial charge on any atom is 0.328 e. The van der Waals surface area contributed by atoms with Crippen molar-refractivity contribution in [2.45, 2.75) is 62.9 Å². The number of carboxylic acid groups (broad SMARTS) is 1. The van der Waals surface area contributed by atoms with Crippen molar-refractivity contribution in [2.75, 3.05) is 30.6 Å². The molecule has 3 amide bonds. The molecule has 0 aromatic rings. The van der Waals surface area contributed by atoms with E-state index in [9.17, 15) is 29.4 Å². The van der Waals surface area contributed by atoms with Crippen LogP contribution in [0.15, 0.2) is 4.99 Å². The van der Waals surface area contributed by atoms with E-state index in [4.69, 9.17) is 17.2 Å². The number of hydrogen-bond donors (Lipinski definition) is 8. The van der Waals surface area contributed by atoms with Gasteiger partial charge in [-0.1, -0.05) is 0 Å². The molecular weight excluding hydrogens is 498 g/mol. The number of nitrogens with zero attached hydrogens (tertiary/aromatic N) is 1. The van der Waals surface area contributed by atoms with E-state index < -0.39 is 54.0 Å². The van der Waals surface area contributed by atoms with Crippen LogP contribution in [0.3, 0.4) is 0 Å². The van der Waals surface area contributed by atoms with E-state index >= 15 is 0 Å². The molecule has 13 nitrogen and oxygen atoms in total. The van der Waals surface area contributed by atoms with Gasteiger partial charge in [0.1, 0.15) is 12.1 Å². The first-order chi connectivity index (χ1) is 16.4. The van der Waals surface area contributed by atoms with Crippen molar-refractivity contribution in [1.29, 1.82) is 0 Å². The van der Waals surface area contributed by atoms with Crippen LogP contribution in [0.25, 0.3) is 0 Å². The number of amides is 3. The van der Waals surface area contributed by atoms with Gasteiger partial charge in [-0.25, -0.2) is 4.79 Å². The molecule has 0 rings (SSSR count). The van der Waals surface area contributed by atoms with Crippen LogP contribution in [-0.4, -0.2) is 101 Å². The van der Waals surface area contributed by atoms with Crippen LogP contribution in [0, 0.1) is 0 Å². The van der Waals surface area contributed by atoms with Crippen LogP contribution in [-0.2, 0) is 19.2 Å². The fraction of sp³-hybridized carbons (Fsp3) is 0.750. The molecule has 0 aliphatic heterocycles. The zero-order chi connectivity index (χ0) is 27.0. The number of hydrogen-bond acceptors (Lipinski definition) is 9. The summed E-state index contributed by atoms with van der Waals surface area (Å²) in [5, 5.41) is 26.4. The molecule has 0 aromatic carbocycles. The summed E-state index contributed by atoms with van der Waals surface area (Å²) in [6.07, 6.45) is 3.51. The third-order valence-electron chi connectivity index (χ3n) is 4.84. The highest BCUT2D eigenvalue weighted by molar-refractivity contribution is 7.98. The number of carbonyl (C=O) groups is 4. The Morgan fingerprint density at radius 1 is 0.886 bits per heavy atom. The summed E-state index contributed by atoms with van der Waals surface area (Å²) in [6, 6.07) is -4.46. The summed E-state index contributed by atoms with van der Waals surface area (Å²) in [6.45, 7) is 1.46. The molecule has 0 aliphatic carbocycles. The summed E-state index contributed by atoms with van der Waals surface area (Å²) in [4.78, 5) is 53.5. The van der Waals surface area contributed by atoms with E-state index in [1.807, 2.05) is 12.5 Å². The van der Waals surface area contributed by atoms with Gasteiger partial charge in [0.05, 0.1) is 12.1 Å². The minimum Gasteiger partial charge on any atom is -0.480 e. The van der Waals surface area contributed by atoms with Gasteiger partial charge in [-0.2, -0.15) is 23.5 Å². The summed E-state index contributed by atoms with van der Waals surface area (Å²) in [5.41, 5.74) is 16.6. The molecule has 0 heterocycles. The largest absolute Gasteiger partial charge is 0.480 e. The van der Waals surface area contributed by atoms with Gasteiger partial charge in [0.25, 0.3) is 0 Å². The van der Waals surface area contributed by atoms with Crippen molar-refractivity contribution >= 4 is 53.2 Å². The SMILES string of the molecule is CSCCC(N)C(=O)NC(CCCN=C(N)N)C(=O)NC(CCSC)C(=O)NC(C(=O)O)C(C)O. The van der Waals surface area contributed by atoms with Crippen molar-refractivity contribution in [1.82, 2.24) is 16.0 Å². The van der Waals surface area contributed by atoms with Crippen LogP contribution in [0.5, 0.6) is 0 Å². The summed E-state index contributed by atoms with van der Waals surface area (Å²) < 4.78 is 0. The normalized spacial score (nSPS) is 15.1. The fourth-order valence-corrected chi connectivity index (χ4v) is 3.81. The summed E-state index contributed by atoms with van der Waals surface area (Å²) >= 11 is 2.97. The average Bonchev–Trinajstić information content (AvgIpc) is 2.79. The second kappa shape index (κ2) is 18.1. The maximum absolute atomic E-state index is 13.1. The van der Waals surface area contributed by atoms with Crippen LogP contribution >= 0.6 is 23.5 Å². The molecular formula is C20H39N7O6S2. The van der Waals surface area contributed by atoms with Crippen molar-refractivity contribution in [2.24, 2.45) is 22.2 Å². The van der Waals surface area contributed by atoms with Crippen molar-refractivity contribution in [3.05, 3.63) is 0 Å². The molecule has 5 atom stereocenters. The van der Waals surface area contributed by atoms with Gasteiger partial charge in [-0.05, 0) is 56.6 Å². The van der Waals surface area contributed by atoms with Gasteiger partial charge in [-0.15, -0.1) is 0 Å². The third-order valence-corrected chi connectivity index (χ3v) is 6.13. The first-order valence-electron chi connectivity index (χ1n) is 11.0. The standard InChI is InChI=1S/C20H39N7O6S2/c1-11(28)15(19(32)33)27-18(31)14(7-10-35-3)26-17(30)13(5-4-8-24-20(22)23)25-16(29)12(21)6-9-34-2/h11-15,28H,4-10,21H2,1-3H3,(H,25,29)(H,26,30)(H,27,31)(H,32,33)(H4,22,23,24). The Bertz CT molecular complexity index is 722. The molecule has 0 radical (unpaired) electrons. The van der Waals surface area contributed by atoms with Crippen LogP contribution in [0.1, 0.15) is 32.6 Å². The number of carbonyl (C=O) groups excluding carboxylic acids is 3. The number of aliphatic hydroxyl groups is 1. The van der Waals surface area contributed by atoms with Crippen molar-refractivity contribution in [3.63, 3.8) is 0 Å². The second-order valence-corrected chi connectivity index (χ2v) is 9.78. The quantitative estimate of drug-likeness (QED) is 0.0530. The average molecular weight is 538 g/mol. The van der Waals surface area contributed by atoms with Gasteiger partial charge in [0, 0.05) is 6.54 Å². The lowest BCUT2D eigenvalue weighted by Crippen LogP contribution is -2.58. The molecule has 5 unspecified atom stereocenters. The lowest BCUT2D eigenvalue weighted by molar-refractivity contribution is -0.145. The van der Waals surface area contributed by atoms with Crippen molar-refractivity contribution in [3.8, 4) is 0 Å². The zero-order valence-electron chi connectivity index (χ0n) is 20.4. The minimum atomic E-state index is -1.54. The van der Waals surface area contributed by atoms with E-state index in [1.165, 1.54) is 30.4 Å². The van der Waals surface area contributed by atoms with E-state index in [0.717, 1.165) is 0 Å². The number of aliphatic carboxylic acids is 1. The number of aliphatic imine (C=N–C) groups is 1. The van der Waals surface area contributed by atoms with Crippen LogP contribution < -0.4 is 33.2 Å². The van der Waals surface area contributed by atoms with Gasteiger partial charge in [-0.3, -0.25) is 19.4 Å². The highest BCUT2D eigenvalue weighted by Gasteiger charge is 2.31. The zero-order valence-corrected chi connectivity index (χ0v) is 22.0. The Labute approximate surface area is 214 Å². The van der Waals surface area contributed by atoms with Crippen LogP contribution in [0.4, 0.5) is 0 Å². The van der Waals surface area contributed by atoms with E-state index in [0.29, 0.717) is 24.3 Å². The van der Waals surface area contributed by atoms with E-state index in [-0.39, 0.29) is 25.3 Å². The molecule has 0 spiro atoms. The summed E-state index contributed by atoms with van der Waals surface area (Å²) in [7, 11) is 0. The van der Waals surface area contributed by atoms with Gasteiger partial charge >= 0.3 is 5.97 Å². The van der Waals surface area contributed by atoms with Gasteiger partial charge in [0.15, 0.2) is 12.0 Å². The summed E-state index contributed by atoms with van der Waals surface area (Å²) in [5.74, 6) is -2.26. The maximum atomic E-state index is 13.1. The Morgan fingerprint density at radius 3 is 1.91 bits per heavy atom. The first-order valence-corrected chi connectivity index (χ1v) is 13.8. The lowest BCUT2D eigenvalue weighted by atomic mass is 10.1. The molecule has 0 saturated carbocycles. The Hall–Kier alpha value is -2.23. The molecule has 11 N–H and O–H groups in total. The monoisotopic (exact) mass is 537 g/mol. The number of thioether (sulfide) groups is 2. The number of rotatable bonds is 18. The first kappa shape index (κ1) is 32.8. The molecule has 35 heavy (non-hydrogen) atoms. The molecule has 0 aromatic heterocycles. The predicted molar refractivity (Wildman–Crippen MR) is 139 cm³/mol. The number of guanidine groups is 1. The Kier molecular flexibility index (Phi) is 16.9. The molecule has 15 heteroatoms. The number of nitrogens with two attached hydrogens (primary N) is 3. The van der Waals surface area contributed by atoms with Gasteiger partial charge in [0.2, 0.25) is 17.7 Å².